The van der Waals surface area contributed by atoms with Gasteiger partial charge in [-0.25, -0.2) is 0 Å². The van der Waals surface area contributed by atoms with Crippen molar-refractivity contribution in [1.29, 1.82) is 0 Å². The van der Waals surface area contributed by atoms with Crippen LogP contribution in [0.4, 0.5) is 24.9 Å². The molecule has 1 aromatic carbocycles. The average molecular weight is 591 g/mol. The third kappa shape index (κ3) is 6.03. The zero-order valence-corrected chi connectivity index (χ0v) is 23.0. The lowest BCUT2D eigenvalue weighted by molar-refractivity contribution is -0.198. The Bertz CT molecular complexity index is 1400. The number of anilines is 2. The Balaban J connectivity index is 1.41. The number of aromatic nitrogens is 3. The molecule has 2 unspecified atom stereocenters. The van der Waals surface area contributed by atoms with E-state index in [4.69, 9.17) is 22.1 Å². The van der Waals surface area contributed by atoms with Crippen LogP contribution in [0, 0.1) is 5.41 Å². The highest BCUT2D eigenvalue weighted by Gasteiger charge is 2.50. The van der Waals surface area contributed by atoms with Crippen LogP contribution in [0.1, 0.15) is 44.3 Å². The van der Waals surface area contributed by atoms with Gasteiger partial charge in [-0.05, 0) is 55.4 Å². The molecule has 4 N–H and O–H groups in total. The average Bonchev–Trinajstić information content (AvgIpc) is 3.30. The van der Waals surface area contributed by atoms with E-state index in [1.807, 2.05) is 11.8 Å². The summed E-state index contributed by atoms with van der Waals surface area (Å²) in [5.41, 5.74) is 6.07. The van der Waals surface area contributed by atoms with Crippen molar-refractivity contribution in [3.05, 3.63) is 59.2 Å². The van der Waals surface area contributed by atoms with E-state index in [9.17, 15) is 23.1 Å². The number of alkyl halides is 3. The second-order valence-corrected chi connectivity index (χ2v) is 10.9. The Morgan fingerprint density at radius 1 is 1.24 bits per heavy atom. The number of nitrogen functional groups attached to an aromatic ring is 1. The van der Waals surface area contributed by atoms with Gasteiger partial charge in [0.05, 0.1) is 5.69 Å². The number of nitrogens with one attached hydrogen (secondary N) is 1. The number of piperidine rings is 1. The highest BCUT2D eigenvalue weighted by Crippen LogP contribution is 2.46. The molecule has 5 rings (SSSR count). The normalized spacial score (nSPS) is 21.1. The summed E-state index contributed by atoms with van der Waals surface area (Å²) in [6.45, 7) is 3.09. The molecule has 2 aromatic heterocycles. The fourth-order valence-corrected chi connectivity index (χ4v) is 6.22. The Morgan fingerprint density at radius 3 is 2.63 bits per heavy atom. The molecule has 4 heterocycles. The molecule has 0 aliphatic carbocycles. The van der Waals surface area contributed by atoms with Crippen molar-refractivity contribution >= 4 is 29.3 Å². The molecule has 3 atom stereocenters. The molecule has 1 spiro atoms. The third-order valence-corrected chi connectivity index (χ3v) is 8.26. The predicted molar refractivity (Wildman–Crippen MR) is 148 cm³/mol. The van der Waals surface area contributed by atoms with Crippen molar-refractivity contribution in [1.82, 2.24) is 20.3 Å². The molecule has 2 fully saturated rings. The standard InChI is InChI=1S/C28H30ClF3N6O3/c1-2-21-27(15-20(35-21)25(39)40)8-11-38(12-9-27)22-14-23(37-26(33)36-22)41-24(28(30,31)32)17-7-6-16(29)13-18(17)19-5-3-4-10-34-19/h3-7,10,13-14,20-21,24,35H,2,8-9,11-12,15H2,1H3,(H,39,40)(H2,33,36,37)/t20?,21?,24-/m1/s1. The van der Waals surface area contributed by atoms with E-state index in [-0.39, 0.29) is 39.4 Å². The second-order valence-electron chi connectivity index (χ2n) is 10.5. The lowest BCUT2D eigenvalue weighted by Gasteiger charge is -2.43. The lowest BCUT2D eigenvalue weighted by Crippen LogP contribution is -2.46. The van der Waals surface area contributed by atoms with Gasteiger partial charge in [-0.3, -0.25) is 9.78 Å². The molecule has 9 nitrogen and oxygen atoms in total. The van der Waals surface area contributed by atoms with Gasteiger partial charge >= 0.3 is 12.1 Å². The van der Waals surface area contributed by atoms with E-state index in [2.05, 4.69) is 20.3 Å². The van der Waals surface area contributed by atoms with E-state index in [0.717, 1.165) is 6.42 Å². The molecule has 0 bridgehead atoms. The molecule has 0 saturated carbocycles. The van der Waals surface area contributed by atoms with E-state index < -0.39 is 24.3 Å². The number of rotatable bonds is 7. The third-order valence-electron chi connectivity index (χ3n) is 8.02. The number of ether oxygens (including phenoxy) is 1. The minimum atomic E-state index is -4.81. The molecule has 2 aliphatic rings. The Kier molecular flexibility index (Phi) is 7.97. The number of hydrogen-bond donors (Lipinski definition) is 3. The van der Waals surface area contributed by atoms with Gasteiger partial charge in [0.2, 0.25) is 17.9 Å². The molecule has 0 radical (unpaired) electrons. The summed E-state index contributed by atoms with van der Waals surface area (Å²) < 4.78 is 48.9. The zero-order chi connectivity index (χ0) is 29.4. The molecule has 13 heteroatoms. The largest absolute Gasteiger partial charge is 0.480 e. The van der Waals surface area contributed by atoms with Crippen molar-refractivity contribution in [3.8, 4) is 17.1 Å². The number of nitrogens with two attached hydrogens (primary N) is 1. The van der Waals surface area contributed by atoms with Crippen LogP contribution in [0.25, 0.3) is 11.3 Å². The topological polar surface area (TPSA) is 126 Å². The number of hydrogen-bond acceptors (Lipinski definition) is 8. The second kappa shape index (κ2) is 11.3. The van der Waals surface area contributed by atoms with Crippen molar-refractivity contribution in [3.63, 3.8) is 0 Å². The molecular weight excluding hydrogens is 561 g/mol. The maximum Gasteiger partial charge on any atom is 0.429 e. The van der Waals surface area contributed by atoms with Crippen LogP contribution in [0.3, 0.4) is 0 Å². The molecule has 218 valence electrons. The van der Waals surface area contributed by atoms with Gasteiger partial charge in [-0.15, -0.1) is 0 Å². The smallest absolute Gasteiger partial charge is 0.429 e. The van der Waals surface area contributed by atoms with Gasteiger partial charge in [0.25, 0.3) is 0 Å². The first-order valence-electron chi connectivity index (χ1n) is 13.3. The SMILES string of the molecule is CCC1NC(C(=O)O)CC12CCN(c1cc(O[C@H](c3ccc(Cl)cc3-c3ccccn3)C(F)(F)F)nc(N)n1)CC2. The van der Waals surface area contributed by atoms with Crippen LogP contribution >= 0.6 is 11.6 Å². The summed E-state index contributed by atoms with van der Waals surface area (Å²) in [4.78, 5) is 26.0. The number of aliphatic carboxylic acids is 1. The molecule has 0 amide bonds. The fraction of sp³-hybridized carbons (Fsp3) is 0.429. The highest BCUT2D eigenvalue weighted by atomic mass is 35.5. The van der Waals surface area contributed by atoms with Gasteiger partial charge in [-0.1, -0.05) is 30.7 Å². The van der Waals surface area contributed by atoms with Gasteiger partial charge in [0.15, 0.2) is 0 Å². The van der Waals surface area contributed by atoms with Crippen LogP contribution in [0.5, 0.6) is 5.88 Å². The first kappa shape index (κ1) is 28.9. The Morgan fingerprint density at radius 2 is 2.00 bits per heavy atom. The number of carboxylic acids is 1. The predicted octanol–water partition coefficient (Wildman–Crippen LogP) is 5.27. The first-order valence-corrected chi connectivity index (χ1v) is 13.7. The van der Waals surface area contributed by atoms with Crippen LogP contribution in [-0.2, 0) is 4.79 Å². The molecule has 41 heavy (non-hydrogen) atoms. The number of nitrogens with zero attached hydrogens (tertiary/aromatic N) is 4. The molecule has 3 aromatic rings. The summed E-state index contributed by atoms with van der Waals surface area (Å²) in [7, 11) is 0. The number of carboxylic acid groups (broad SMARTS) is 1. The van der Waals surface area contributed by atoms with E-state index in [0.29, 0.717) is 43.9 Å². The van der Waals surface area contributed by atoms with Gasteiger partial charge in [-0.2, -0.15) is 23.1 Å². The van der Waals surface area contributed by atoms with E-state index in [1.165, 1.54) is 30.5 Å². The van der Waals surface area contributed by atoms with Crippen LogP contribution in [-0.4, -0.2) is 57.4 Å². The quantitative estimate of drug-likeness (QED) is 0.337. The Labute approximate surface area is 239 Å². The van der Waals surface area contributed by atoms with Crippen molar-refractivity contribution in [2.45, 2.75) is 57.0 Å². The number of pyridine rings is 1. The van der Waals surface area contributed by atoms with E-state index in [1.54, 1.807) is 18.2 Å². The number of halogens is 4. The van der Waals surface area contributed by atoms with Crippen LogP contribution < -0.4 is 20.7 Å². The van der Waals surface area contributed by atoms with Gasteiger partial charge in [0, 0.05) is 47.5 Å². The number of carbonyl (C=O) groups is 1. The Hall–Kier alpha value is -3.64. The molecule has 2 aliphatic heterocycles. The number of benzene rings is 1. The summed E-state index contributed by atoms with van der Waals surface area (Å²) in [5.74, 6) is -1.06. The van der Waals surface area contributed by atoms with Crippen molar-refractivity contribution in [2.24, 2.45) is 5.41 Å². The van der Waals surface area contributed by atoms with E-state index >= 15 is 0 Å². The highest BCUT2D eigenvalue weighted by molar-refractivity contribution is 6.30. The van der Waals surface area contributed by atoms with Crippen LogP contribution in [0.15, 0.2) is 48.7 Å². The lowest BCUT2D eigenvalue weighted by atomic mass is 9.71. The zero-order valence-electron chi connectivity index (χ0n) is 22.2. The molecular formula is C28H30ClF3N6O3. The minimum absolute atomic E-state index is 0.0698. The first-order chi connectivity index (χ1) is 19.5. The summed E-state index contributed by atoms with van der Waals surface area (Å²) in [6.07, 6.45) is -2.98. The summed E-state index contributed by atoms with van der Waals surface area (Å²) in [5, 5.41) is 13.0. The van der Waals surface area contributed by atoms with Gasteiger partial charge in [0.1, 0.15) is 11.9 Å². The van der Waals surface area contributed by atoms with Crippen molar-refractivity contribution in [2.75, 3.05) is 23.7 Å². The fourth-order valence-electron chi connectivity index (χ4n) is 6.05. The van der Waals surface area contributed by atoms with Crippen LogP contribution in [0.2, 0.25) is 5.02 Å². The maximum absolute atomic E-state index is 14.5. The summed E-state index contributed by atoms with van der Waals surface area (Å²) >= 11 is 6.13. The van der Waals surface area contributed by atoms with Crippen molar-refractivity contribution < 1.29 is 27.8 Å². The monoisotopic (exact) mass is 590 g/mol. The molecule has 2 saturated heterocycles. The minimum Gasteiger partial charge on any atom is -0.480 e. The van der Waals surface area contributed by atoms with Gasteiger partial charge < -0.3 is 25.8 Å². The maximum atomic E-state index is 14.5. The summed E-state index contributed by atoms with van der Waals surface area (Å²) in [6, 6.07) is 9.81.